The average molecular weight is 270 g/mol. The van der Waals surface area contributed by atoms with Crippen molar-refractivity contribution in [3.05, 3.63) is 29.3 Å². The molecule has 0 fully saturated rings. The zero-order chi connectivity index (χ0) is 13.8. The van der Waals surface area contributed by atoms with E-state index in [2.05, 4.69) is 4.72 Å². The van der Waals surface area contributed by atoms with Gasteiger partial charge in [-0.05, 0) is 37.5 Å². The molecule has 1 unspecified atom stereocenters. The first-order chi connectivity index (χ1) is 8.36. The number of benzene rings is 1. The number of hydrogen-bond acceptors (Lipinski definition) is 3. The Bertz CT molecular complexity index is 498. The summed E-state index contributed by atoms with van der Waals surface area (Å²) in [5.41, 5.74) is 7.49. The number of sulfonamides is 1. The zero-order valence-electron chi connectivity index (χ0n) is 11.2. The average Bonchev–Trinajstić information content (AvgIpc) is 2.30. The maximum Gasteiger partial charge on any atom is 0.240 e. The minimum absolute atomic E-state index is 0.130. The van der Waals surface area contributed by atoms with E-state index in [9.17, 15) is 8.42 Å². The lowest BCUT2D eigenvalue weighted by Gasteiger charge is -2.13. The topological polar surface area (TPSA) is 72.2 Å². The first-order valence-electron chi connectivity index (χ1n) is 6.19. The molecule has 0 saturated carbocycles. The minimum atomic E-state index is -3.46. The molecule has 0 aromatic heterocycles. The summed E-state index contributed by atoms with van der Waals surface area (Å²) in [6.45, 7) is 5.98. The predicted molar refractivity (Wildman–Crippen MR) is 74.0 cm³/mol. The van der Waals surface area contributed by atoms with Gasteiger partial charge in [0.05, 0.1) is 4.90 Å². The third-order valence-corrected chi connectivity index (χ3v) is 4.39. The molecule has 18 heavy (non-hydrogen) atoms. The van der Waals surface area contributed by atoms with Gasteiger partial charge in [-0.1, -0.05) is 25.5 Å². The van der Waals surface area contributed by atoms with Crippen LogP contribution in [0.4, 0.5) is 0 Å². The Labute approximate surface area is 110 Å². The second-order valence-corrected chi connectivity index (χ2v) is 6.40. The van der Waals surface area contributed by atoms with Gasteiger partial charge >= 0.3 is 0 Å². The molecule has 0 aliphatic carbocycles. The third-order valence-electron chi connectivity index (χ3n) is 2.83. The van der Waals surface area contributed by atoms with Crippen LogP contribution < -0.4 is 10.5 Å². The van der Waals surface area contributed by atoms with E-state index in [0.717, 1.165) is 24.0 Å². The van der Waals surface area contributed by atoms with Crippen molar-refractivity contribution >= 4 is 10.0 Å². The SMILES string of the molecule is CCCC(N)CNS(=O)(=O)c1cc(C)ccc1C. The smallest absolute Gasteiger partial charge is 0.240 e. The van der Waals surface area contributed by atoms with Crippen LogP contribution in [0, 0.1) is 13.8 Å². The Morgan fingerprint density at radius 1 is 1.33 bits per heavy atom. The van der Waals surface area contributed by atoms with Crippen LogP contribution >= 0.6 is 0 Å². The van der Waals surface area contributed by atoms with Crippen LogP contribution in [0.15, 0.2) is 23.1 Å². The van der Waals surface area contributed by atoms with Crippen molar-refractivity contribution in [1.29, 1.82) is 0 Å². The van der Waals surface area contributed by atoms with E-state index in [1.165, 1.54) is 0 Å². The van der Waals surface area contributed by atoms with Gasteiger partial charge in [-0.3, -0.25) is 0 Å². The number of aryl methyl sites for hydroxylation is 2. The lowest BCUT2D eigenvalue weighted by molar-refractivity contribution is 0.552. The Balaban J connectivity index is 2.83. The molecule has 5 heteroatoms. The van der Waals surface area contributed by atoms with Gasteiger partial charge in [-0.25, -0.2) is 13.1 Å². The van der Waals surface area contributed by atoms with Crippen molar-refractivity contribution in [2.75, 3.05) is 6.54 Å². The van der Waals surface area contributed by atoms with Crippen molar-refractivity contribution in [2.24, 2.45) is 5.73 Å². The summed E-state index contributed by atoms with van der Waals surface area (Å²) in [6, 6.07) is 5.27. The summed E-state index contributed by atoms with van der Waals surface area (Å²) >= 11 is 0. The fraction of sp³-hybridized carbons (Fsp3) is 0.538. The molecule has 0 amide bonds. The third kappa shape index (κ3) is 4.08. The maximum absolute atomic E-state index is 12.1. The van der Waals surface area contributed by atoms with Gasteiger partial charge in [0.1, 0.15) is 0 Å². The highest BCUT2D eigenvalue weighted by atomic mass is 32.2. The van der Waals surface area contributed by atoms with Crippen LogP contribution in [0.3, 0.4) is 0 Å². The van der Waals surface area contributed by atoms with E-state index in [-0.39, 0.29) is 12.6 Å². The summed E-state index contributed by atoms with van der Waals surface area (Å²) in [5.74, 6) is 0. The first-order valence-corrected chi connectivity index (χ1v) is 7.67. The number of nitrogens with one attached hydrogen (secondary N) is 1. The van der Waals surface area contributed by atoms with Gasteiger partial charge in [0.15, 0.2) is 0 Å². The molecule has 102 valence electrons. The van der Waals surface area contributed by atoms with Crippen molar-refractivity contribution in [3.8, 4) is 0 Å². The summed E-state index contributed by atoms with van der Waals surface area (Å²) < 4.78 is 26.9. The van der Waals surface area contributed by atoms with Gasteiger partial charge in [0, 0.05) is 12.6 Å². The first kappa shape index (κ1) is 15.1. The van der Waals surface area contributed by atoms with Crippen LogP contribution in [0.5, 0.6) is 0 Å². The lowest BCUT2D eigenvalue weighted by atomic mass is 10.2. The van der Waals surface area contributed by atoms with Crippen LogP contribution in [-0.2, 0) is 10.0 Å². The fourth-order valence-corrected chi connectivity index (χ4v) is 3.19. The van der Waals surface area contributed by atoms with Gasteiger partial charge in [0.25, 0.3) is 0 Å². The van der Waals surface area contributed by atoms with E-state index in [1.54, 1.807) is 13.0 Å². The Morgan fingerprint density at radius 3 is 2.61 bits per heavy atom. The minimum Gasteiger partial charge on any atom is -0.327 e. The number of rotatable bonds is 6. The van der Waals surface area contributed by atoms with Gasteiger partial charge < -0.3 is 5.73 Å². The summed E-state index contributed by atoms with van der Waals surface area (Å²) in [4.78, 5) is 0.339. The molecule has 1 atom stereocenters. The molecule has 0 saturated heterocycles. The standard InChI is InChI=1S/C13H22N2O2S/c1-4-5-12(14)9-15-18(16,17)13-8-10(2)6-7-11(13)3/h6-8,12,15H,4-5,9,14H2,1-3H3. The molecule has 0 bridgehead atoms. The van der Waals surface area contributed by atoms with Gasteiger partial charge in [-0.15, -0.1) is 0 Å². The Kier molecular flexibility index (Phi) is 5.31. The molecule has 4 nitrogen and oxygen atoms in total. The van der Waals surface area contributed by atoms with E-state index < -0.39 is 10.0 Å². The molecular formula is C13H22N2O2S. The van der Waals surface area contributed by atoms with Crippen molar-refractivity contribution in [1.82, 2.24) is 4.72 Å². The summed E-state index contributed by atoms with van der Waals surface area (Å²) in [5, 5.41) is 0. The Hall–Kier alpha value is -0.910. The van der Waals surface area contributed by atoms with E-state index in [1.807, 2.05) is 26.0 Å². The molecule has 3 N–H and O–H groups in total. The molecule has 1 aromatic rings. The highest BCUT2D eigenvalue weighted by molar-refractivity contribution is 7.89. The molecule has 0 aliphatic heterocycles. The van der Waals surface area contributed by atoms with Crippen LogP contribution in [0.2, 0.25) is 0 Å². The van der Waals surface area contributed by atoms with E-state index >= 15 is 0 Å². The molecule has 1 rings (SSSR count). The number of nitrogens with two attached hydrogens (primary N) is 1. The predicted octanol–water partition coefficient (Wildman–Crippen LogP) is 1.71. The maximum atomic E-state index is 12.1. The highest BCUT2D eigenvalue weighted by Crippen LogP contribution is 2.16. The largest absolute Gasteiger partial charge is 0.327 e. The highest BCUT2D eigenvalue weighted by Gasteiger charge is 2.17. The molecule has 0 spiro atoms. The number of hydrogen-bond donors (Lipinski definition) is 2. The summed E-state index contributed by atoms with van der Waals surface area (Å²) in [7, 11) is -3.46. The van der Waals surface area contributed by atoms with Crippen molar-refractivity contribution < 1.29 is 8.42 Å². The Morgan fingerprint density at radius 2 is 2.00 bits per heavy atom. The van der Waals surface area contributed by atoms with Crippen LogP contribution in [0.1, 0.15) is 30.9 Å². The normalized spacial score (nSPS) is 13.6. The van der Waals surface area contributed by atoms with Crippen molar-refractivity contribution in [3.63, 3.8) is 0 Å². The van der Waals surface area contributed by atoms with Crippen molar-refractivity contribution in [2.45, 2.75) is 44.6 Å². The molecule has 0 heterocycles. The second-order valence-electron chi connectivity index (χ2n) is 4.67. The van der Waals surface area contributed by atoms with E-state index in [0.29, 0.717) is 4.90 Å². The lowest BCUT2D eigenvalue weighted by Crippen LogP contribution is -2.37. The molecule has 0 radical (unpaired) electrons. The quantitative estimate of drug-likeness (QED) is 0.826. The second kappa shape index (κ2) is 6.31. The van der Waals surface area contributed by atoms with E-state index in [4.69, 9.17) is 5.73 Å². The fourth-order valence-electron chi connectivity index (χ4n) is 1.76. The van der Waals surface area contributed by atoms with Gasteiger partial charge in [-0.2, -0.15) is 0 Å². The van der Waals surface area contributed by atoms with Gasteiger partial charge in [0.2, 0.25) is 10.0 Å². The van der Waals surface area contributed by atoms with Crippen LogP contribution in [-0.4, -0.2) is 21.0 Å². The monoisotopic (exact) mass is 270 g/mol. The summed E-state index contributed by atoms with van der Waals surface area (Å²) in [6.07, 6.45) is 1.77. The molecule has 0 aliphatic rings. The van der Waals surface area contributed by atoms with Crippen LogP contribution in [0.25, 0.3) is 0 Å². The zero-order valence-corrected chi connectivity index (χ0v) is 12.0. The molecule has 1 aromatic carbocycles. The molecular weight excluding hydrogens is 248 g/mol.